The molecule has 0 saturated carbocycles. The highest BCUT2D eigenvalue weighted by Gasteiger charge is 2.10. The van der Waals surface area contributed by atoms with Gasteiger partial charge in [-0.15, -0.1) is 0 Å². The first-order valence-corrected chi connectivity index (χ1v) is 8.37. The average molecular weight is 368 g/mol. The Balaban J connectivity index is 1.78. The molecule has 0 bridgehead atoms. The van der Waals surface area contributed by atoms with Crippen LogP contribution in [0.3, 0.4) is 0 Å². The number of nitrogens with zero attached hydrogens (tertiary/aromatic N) is 1. The smallest absolute Gasteiger partial charge is 0.257 e. The highest BCUT2D eigenvalue weighted by molar-refractivity contribution is 6.31. The van der Waals surface area contributed by atoms with Crippen LogP contribution >= 0.6 is 11.6 Å². The Hall–Kier alpha value is -3.05. The summed E-state index contributed by atoms with van der Waals surface area (Å²) in [6, 6.07) is 14.6. The molecule has 3 aromatic rings. The van der Waals surface area contributed by atoms with Gasteiger partial charge in [0.25, 0.3) is 5.91 Å². The van der Waals surface area contributed by atoms with Crippen molar-refractivity contribution in [1.82, 2.24) is 4.98 Å². The monoisotopic (exact) mass is 367 g/mol. The number of carbonyl (C=O) groups excluding carboxylic acids is 1. The number of amides is 1. The van der Waals surface area contributed by atoms with Crippen molar-refractivity contribution in [3.8, 4) is 5.75 Å². The summed E-state index contributed by atoms with van der Waals surface area (Å²) in [7, 11) is 1.56. The van der Waals surface area contributed by atoms with Crippen LogP contribution in [0.2, 0.25) is 5.02 Å². The molecule has 6 heteroatoms. The maximum atomic E-state index is 12.5. The van der Waals surface area contributed by atoms with Crippen LogP contribution in [0.25, 0.3) is 0 Å². The number of aryl methyl sites for hydroxylation is 1. The van der Waals surface area contributed by atoms with Gasteiger partial charge in [-0.2, -0.15) is 0 Å². The summed E-state index contributed by atoms with van der Waals surface area (Å²) in [6.07, 6.45) is 3.16. The second-order valence-electron chi connectivity index (χ2n) is 5.71. The van der Waals surface area contributed by atoms with E-state index in [1.807, 2.05) is 37.3 Å². The molecular weight excluding hydrogens is 350 g/mol. The van der Waals surface area contributed by atoms with Crippen LogP contribution in [0.4, 0.5) is 17.1 Å². The van der Waals surface area contributed by atoms with Crippen molar-refractivity contribution in [1.29, 1.82) is 0 Å². The molecule has 0 fully saturated rings. The molecule has 0 aliphatic heterocycles. The lowest BCUT2D eigenvalue weighted by molar-refractivity contribution is 0.102. The number of carbonyl (C=O) groups is 1. The molecule has 1 amide bonds. The molecular formula is C20H18ClN3O2. The summed E-state index contributed by atoms with van der Waals surface area (Å²) < 4.78 is 5.25. The Labute approximate surface area is 157 Å². The lowest BCUT2D eigenvalue weighted by Gasteiger charge is -2.11. The summed E-state index contributed by atoms with van der Waals surface area (Å²) in [6.45, 7) is 1.94. The number of ether oxygens (including phenoxy) is 1. The fraction of sp³-hybridized carbons (Fsp3) is 0.100. The number of halogens is 1. The number of methoxy groups -OCH3 is 1. The Kier molecular flexibility index (Phi) is 5.39. The number of hydrogen-bond donors (Lipinski definition) is 2. The van der Waals surface area contributed by atoms with Crippen LogP contribution in [0.15, 0.2) is 60.9 Å². The van der Waals surface area contributed by atoms with Gasteiger partial charge in [0.2, 0.25) is 0 Å². The van der Waals surface area contributed by atoms with Gasteiger partial charge in [0, 0.05) is 16.9 Å². The van der Waals surface area contributed by atoms with Crippen LogP contribution < -0.4 is 15.4 Å². The topological polar surface area (TPSA) is 63.2 Å². The van der Waals surface area contributed by atoms with Crippen molar-refractivity contribution < 1.29 is 9.53 Å². The molecule has 5 nitrogen and oxygen atoms in total. The van der Waals surface area contributed by atoms with Crippen molar-refractivity contribution in [2.24, 2.45) is 0 Å². The van der Waals surface area contributed by atoms with Crippen molar-refractivity contribution in [2.45, 2.75) is 6.92 Å². The molecule has 0 aliphatic carbocycles. The highest BCUT2D eigenvalue weighted by Crippen LogP contribution is 2.25. The van der Waals surface area contributed by atoms with Gasteiger partial charge in [-0.25, -0.2) is 0 Å². The van der Waals surface area contributed by atoms with Gasteiger partial charge < -0.3 is 15.4 Å². The fourth-order valence-corrected chi connectivity index (χ4v) is 2.59. The molecule has 132 valence electrons. The van der Waals surface area contributed by atoms with Crippen LogP contribution in [-0.2, 0) is 0 Å². The minimum Gasteiger partial charge on any atom is -0.495 e. The number of para-hydroxylation sites is 2. The third-order valence-electron chi connectivity index (χ3n) is 3.82. The van der Waals surface area contributed by atoms with Crippen LogP contribution in [-0.4, -0.2) is 18.0 Å². The van der Waals surface area contributed by atoms with E-state index in [1.165, 1.54) is 6.20 Å². The number of benzene rings is 2. The second-order valence-corrected chi connectivity index (χ2v) is 6.11. The third-order valence-corrected chi connectivity index (χ3v) is 4.22. The van der Waals surface area contributed by atoms with Gasteiger partial charge in [-0.3, -0.25) is 9.78 Å². The first kappa shape index (κ1) is 17.8. The molecule has 0 aliphatic rings. The van der Waals surface area contributed by atoms with Gasteiger partial charge in [0.1, 0.15) is 5.75 Å². The summed E-state index contributed by atoms with van der Waals surface area (Å²) in [5, 5.41) is 6.71. The van der Waals surface area contributed by atoms with Gasteiger partial charge in [0.05, 0.1) is 30.2 Å². The minimum absolute atomic E-state index is 0.271. The van der Waals surface area contributed by atoms with E-state index in [0.29, 0.717) is 27.7 Å². The summed E-state index contributed by atoms with van der Waals surface area (Å²) >= 11 is 6.15. The zero-order valence-corrected chi connectivity index (χ0v) is 15.2. The fourth-order valence-electron chi connectivity index (χ4n) is 2.41. The quantitative estimate of drug-likeness (QED) is 0.662. The Morgan fingerprint density at radius 1 is 1.08 bits per heavy atom. The van der Waals surface area contributed by atoms with Crippen LogP contribution in [0.1, 0.15) is 15.9 Å². The third kappa shape index (κ3) is 4.13. The minimum atomic E-state index is -0.271. The number of rotatable bonds is 5. The molecule has 3 rings (SSSR count). The zero-order chi connectivity index (χ0) is 18.5. The molecule has 0 atom stereocenters. The number of nitrogens with one attached hydrogen (secondary N) is 2. The number of anilines is 3. The van der Waals surface area contributed by atoms with E-state index in [-0.39, 0.29) is 5.91 Å². The molecule has 1 heterocycles. The second kappa shape index (κ2) is 7.89. The molecule has 0 spiro atoms. The Morgan fingerprint density at radius 2 is 1.88 bits per heavy atom. The normalized spacial score (nSPS) is 10.3. The van der Waals surface area contributed by atoms with E-state index in [4.69, 9.17) is 16.3 Å². The number of pyridine rings is 1. The van der Waals surface area contributed by atoms with Gasteiger partial charge in [-0.1, -0.05) is 29.8 Å². The maximum absolute atomic E-state index is 12.5. The molecule has 0 saturated heterocycles. The van der Waals surface area contributed by atoms with Crippen LogP contribution in [0.5, 0.6) is 5.75 Å². The van der Waals surface area contributed by atoms with Crippen molar-refractivity contribution in [2.75, 3.05) is 17.7 Å². The van der Waals surface area contributed by atoms with Crippen molar-refractivity contribution >= 4 is 34.6 Å². The lowest BCUT2D eigenvalue weighted by atomic mass is 10.2. The Bertz CT molecular complexity index is 944. The summed E-state index contributed by atoms with van der Waals surface area (Å²) in [5.41, 5.74) is 3.55. The first-order chi connectivity index (χ1) is 12.6. The largest absolute Gasteiger partial charge is 0.495 e. The molecule has 0 radical (unpaired) electrons. The van der Waals surface area contributed by atoms with E-state index in [9.17, 15) is 4.79 Å². The molecule has 1 aromatic heterocycles. The molecule has 26 heavy (non-hydrogen) atoms. The standard InChI is InChI=1S/C20H18ClN3O2/c1-13-7-8-15(10-17(13)21)23-16-9-14(11-22-12-16)20(25)24-18-5-3-4-6-19(18)26-2/h3-12,23H,1-2H3,(H,24,25). The van der Waals surface area contributed by atoms with Crippen molar-refractivity contribution in [3.63, 3.8) is 0 Å². The van der Waals surface area contributed by atoms with Gasteiger partial charge >= 0.3 is 0 Å². The summed E-state index contributed by atoms with van der Waals surface area (Å²) in [5.74, 6) is 0.324. The summed E-state index contributed by atoms with van der Waals surface area (Å²) in [4.78, 5) is 16.7. The van der Waals surface area contributed by atoms with Crippen LogP contribution in [0, 0.1) is 6.92 Å². The Morgan fingerprint density at radius 3 is 2.65 bits per heavy atom. The maximum Gasteiger partial charge on any atom is 0.257 e. The van der Waals surface area contributed by atoms with E-state index >= 15 is 0 Å². The predicted octanol–water partition coefficient (Wildman–Crippen LogP) is 5.05. The number of aromatic nitrogens is 1. The van der Waals surface area contributed by atoms with Gasteiger partial charge in [0.15, 0.2) is 0 Å². The molecule has 2 N–H and O–H groups in total. The van der Waals surface area contributed by atoms with Gasteiger partial charge in [-0.05, 0) is 42.8 Å². The SMILES string of the molecule is COc1ccccc1NC(=O)c1cncc(Nc2ccc(C)c(Cl)c2)c1. The van der Waals surface area contributed by atoms with E-state index < -0.39 is 0 Å². The van der Waals surface area contributed by atoms with E-state index in [0.717, 1.165) is 11.3 Å². The lowest BCUT2D eigenvalue weighted by Crippen LogP contribution is -2.13. The molecule has 2 aromatic carbocycles. The average Bonchev–Trinajstić information content (AvgIpc) is 2.65. The first-order valence-electron chi connectivity index (χ1n) is 7.99. The van der Waals surface area contributed by atoms with E-state index in [1.54, 1.807) is 31.5 Å². The highest BCUT2D eigenvalue weighted by atomic mass is 35.5. The predicted molar refractivity (Wildman–Crippen MR) is 105 cm³/mol. The number of hydrogen-bond acceptors (Lipinski definition) is 4. The zero-order valence-electron chi connectivity index (χ0n) is 14.4. The van der Waals surface area contributed by atoms with Crippen molar-refractivity contribution in [3.05, 3.63) is 77.1 Å². The molecule has 0 unspecified atom stereocenters. The van der Waals surface area contributed by atoms with E-state index in [2.05, 4.69) is 15.6 Å².